The molecule has 23 heavy (non-hydrogen) atoms. The summed E-state index contributed by atoms with van der Waals surface area (Å²) in [7, 11) is 0. The van der Waals surface area contributed by atoms with E-state index < -0.39 is 40.1 Å². The van der Waals surface area contributed by atoms with E-state index in [9.17, 15) is 22.0 Å². The van der Waals surface area contributed by atoms with Crippen molar-refractivity contribution in [1.29, 1.82) is 0 Å². The number of halogens is 5. The highest BCUT2D eigenvalue weighted by molar-refractivity contribution is 5.30. The van der Waals surface area contributed by atoms with Crippen molar-refractivity contribution in [3.63, 3.8) is 0 Å². The lowest BCUT2D eigenvalue weighted by Crippen LogP contribution is -2.23. The second kappa shape index (κ2) is 8.65. The van der Waals surface area contributed by atoms with Crippen LogP contribution in [0.25, 0.3) is 0 Å². The van der Waals surface area contributed by atoms with Gasteiger partial charge >= 0.3 is 0 Å². The summed E-state index contributed by atoms with van der Waals surface area (Å²) in [6, 6.07) is 0. The number of benzene rings is 1. The van der Waals surface area contributed by atoms with E-state index in [0.717, 1.165) is 32.1 Å². The summed E-state index contributed by atoms with van der Waals surface area (Å²) >= 11 is 0. The molecule has 0 nitrogen and oxygen atoms in total. The fourth-order valence-corrected chi connectivity index (χ4v) is 2.85. The van der Waals surface area contributed by atoms with Crippen LogP contribution in [0.1, 0.15) is 77.7 Å². The molecule has 0 N–H and O–H groups in total. The van der Waals surface area contributed by atoms with Gasteiger partial charge in [0.2, 0.25) is 5.82 Å². The molecule has 1 rings (SSSR count). The van der Waals surface area contributed by atoms with Crippen molar-refractivity contribution in [2.24, 2.45) is 0 Å². The summed E-state index contributed by atoms with van der Waals surface area (Å²) < 4.78 is 67.6. The first-order chi connectivity index (χ1) is 10.7. The van der Waals surface area contributed by atoms with Gasteiger partial charge in [0.15, 0.2) is 23.3 Å². The molecule has 0 saturated carbocycles. The average molecular weight is 336 g/mol. The molecule has 0 bridgehead atoms. The molecule has 0 aromatic heterocycles. The third kappa shape index (κ3) is 4.92. The lowest BCUT2D eigenvalue weighted by molar-refractivity contribution is 0.335. The number of rotatable bonds is 9. The highest BCUT2D eigenvalue weighted by atomic mass is 19.2. The molecule has 1 aromatic rings. The Labute approximate surface area is 135 Å². The van der Waals surface area contributed by atoms with Gasteiger partial charge in [-0.25, -0.2) is 22.0 Å². The van der Waals surface area contributed by atoms with Crippen LogP contribution in [0.15, 0.2) is 0 Å². The lowest BCUT2D eigenvalue weighted by Gasteiger charge is -2.26. The van der Waals surface area contributed by atoms with Gasteiger partial charge in [-0.2, -0.15) is 0 Å². The molecule has 0 aliphatic carbocycles. The highest BCUT2D eigenvalue weighted by Crippen LogP contribution is 2.36. The second-order valence-corrected chi connectivity index (χ2v) is 6.70. The van der Waals surface area contributed by atoms with Gasteiger partial charge in [-0.1, -0.05) is 65.7 Å². The van der Waals surface area contributed by atoms with Gasteiger partial charge in [0.1, 0.15) is 0 Å². The molecular formula is C18H25F5. The van der Waals surface area contributed by atoms with Gasteiger partial charge in [0.25, 0.3) is 0 Å². The molecule has 0 saturated heterocycles. The molecule has 0 aliphatic rings. The van der Waals surface area contributed by atoms with E-state index in [1.54, 1.807) is 0 Å². The minimum Gasteiger partial charge on any atom is -0.203 e. The lowest BCUT2D eigenvalue weighted by atomic mass is 9.79. The van der Waals surface area contributed by atoms with E-state index in [-0.39, 0.29) is 0 Å². The number of hydrogen-bond donors (Lipinski definition) is 0. The van der Waals surface area contributed by atoms with Crippen LogP contribution in [0.3, 0.4) is 0 Å². The summed E-state index contributed by atoms with van der Waals surface area (Å²) in [5, 5.41) is 0. The molecule has 0 amide bonds. The molecule has 0 aliphatic heterocycles. The minimum atomic E-state index is -2.10. The maximum atomic E-state index is 13.9. The summed E-state index contributed by atoms with van der Waals surface area (Å²) in [6.45, 7) is 5.16. The van der Waals surface area contributed by atoms with Crippen molar-refractivity contribution in [2.75, 3.05) is 0 Å². The maximum absolute atomic E-state index is 13.9. The van der Waals surface area contributed by atoms with E-state index in [2.05, 4.69) is 6.92 Å². The van der Waals surface area contributed by atoms with Gasteiger partial charge < -0.3 is 0 Å². The standard InChI is InChI=1S/C18H25F5/c1-4-5-6-7-8-9-10-11-18(2,3)12-13(19)15(21)17(23)16(22)14(12)20/h4-11H2,1-3H3. The molecule has 0 unspecified atom stereocenters. The van der Waals surface area contributed by atoms with E-state index in [0.29, 0.717) is 12.8 Å². The van der Waals surface area contributed by atoms with Crippen molar-refractivity contribution in [3.05, 3.63) is 34.6 Å². The van der Waals surface area contributed by atoms with Crippen molar-refractivity contribution in [2.45, 2.75) is 77.6 Å². The third-order valence-electron chi connectivity index (χ3n) is 4.29. The van der Waals surface area contributed by atoms with Crippen LogP contribution in [0, 0.1) is 29.1 Å². The predicted molar refractivity (Wildman–Crippen MR) is 81.9 cm³/mol. The summed E-state index contributed by atoms with van der Waals surface area (Å²) in [5.74, 6) is -9.27. The highest BCUT2D eigenvalue weighted by Gasteiger charge is 2.34. The molecule has 0 radical (unpaired) electrons. The quantitative estimate of drug-likeness (QED) is 0.201. The molecule has 132 valence electrons. The van der Waals surface area contributed by atoms with Gasteiger partial charge in [-0.3, -0.25) is 0 Å². The van der Waals surface area contributed by atoms with Crippen LogP contribution >= 0.6 is 0 Å². The Morgan fingerprint density at radius 2 is 1.00 bits per heavy atom. The van der Waals surface area contributed by atoms with Gasteiger partial charge in [-0.15, -0.1) is 0 Å². The van der Waals surface area contributed by atoms with Gasteiger partial charge in [0, 0.05) is 5.56 Å². The zero-order valence-corrected chi connectivity index (χ0v) is 14.0. The minimum absolute atomic E-state index is 0.374. The van der Waals surface area contributed by atoms with Crippen LogP contribution in [0.4, 0.5) is 22.0 Å². The Morgan fingerprint density at radius 1 is 0.609 bits per heavy atom. The summed E-state index contributed by atoms with van der Waals surface area (Å²) in [5.41, 5.74) is -1.81. The first-order valence-electron chi connectivity index (χ1n) is 8.26. The fraction of sp³-hybridized carbons (Fsp3) is 0.667. The second-order valence-electron chi connectivity index (χ2n) is 6.70. The van der Waals surface area contributed by atoms with Crippen LogP contribution in [0.2, 0.25) is 0 Å². The monoisotopic (exact) mass is 336 g/mol. The van der Waals surface area contributed by atoms with E-state index >= 15 is 0 Å². The number of unbranched alkanes of at least 4 members (excludes halogenated alkanes) is 6. The van der Waals surface area contributed by atoms with Crippen molar-refractivity contribution in [3.8, 4) is 0 Å². The van der Waals surface area contributed by atoms with Gasteiger partial charge in [0.05, 0.1) is 0 Å². The average Bonchev–Trinajstić information content (AvgIpc) is 2.50. The smallest absolute Gasteiger partial charge is 0.200 e. The predicted octanol–water partition coefficient (Wildman–Crippen LogP) is 6.80. The van der Waals surface area contributed by atoms with Crippen LogP contribution < -0.4 is 0 Å². The molecule has 0 heterocycles. The Morgan fingerprint density at radius 3 is 1.48 bits per heavy atom. The molecule has 1 aromatic carbocycles. The zero-order valence-electron chi connectivity index (χ0n) is 14.0. The van der Waals surface area contributed by atoms with E-state index in [1.165, 1.54) is 20.3 Å². The zero-order chi connectivity index (χ0) is 17.6. The van der Waals surface area contributed by atoms with Crippen molar-refractivity contribution >= 4 is 0 Å². The Bertz CT molecular complexity index is 494. The Balaban J connectivity index is 2.74. The first kappa shape index (κ1) is 19.9. The maximum Gasteiger partial charge on any atom is 0.200 e. The van der Waals surface area contributed by atoms with E-state index in [4.69, 9.17) is 0 Å². The molecule has 5 heteroatoms. The van der Waals surface area contributed by atoms with E-state index in [1.807, 2.05) is 0 Å². The third-order valence-corrected chi connectivity index (χ3v) is 4.29. The molecular weight excluding hydrogens is 311 g/mol. The summed E-state index contributed by atoms with van der Waals surface area (Å²) in [6.07, 6.45) is 7.60. The molecule has 0 spiro atoms. The Hall–Kier alpha value is -1.13. The Kier molecular flexibility index (Phi) is 7.49. The SMILES string of the molecule is CCCCCCCCCC(C)(C)c1c(F)c(F)c(F)c(F)c1F. The summed E-state index contributed by atoms with van der Waals surface area (Å²) in [4.78, 5) is 0. The molecule has 0 fully saturated rings. The van der Waals surface area contributed by atoms with Crippen molar-refractivity contribution in [1.82, 2.24) is 0 Å². The van der Waals surface area contributed by atoms with Crippen LogP contribution in [0.5, 0.6) is 0 Å². The first-order valence-corrected chi connectivity index (χ1v) is 8.26. The van der Waals surface area contributed by atoms with Crippen LogP contribution in [-0.2, 0) is 5.41 Å². The largest absolute Gasteiger partial charge is 0.203 e. The number of hydrogen-bond acceptors (Lipinski definition) is 0. The fourth-order valence-electron chi connectivity index (χ4n) is 2.85. The van der Waals surface area contributed by atoms with Crippen LogP contribution in [-0.4, -0.2) is 0 Å². The molecule has 0 atom stereocenters. The topological polar surface area (TPSA) is 0 Å². The van der Waals surface area contributed by atoms with Crippen molar-refractivity contribution < 1.29 is 22.0 Å². The normalized spacial score (nSPS) is 12.0. The van der Waals surface area contributed by atoms with Gasteiger partial charge in [-0.05, 0) is 11.8 Å².